The first-order valence-corrected chi connectivity index (χ1v) is 6.05. The van der Waals surface area contributed by atoms with Crippen molar-refractivity contribution in [1.82, 2.24) is 14.7 Å². The van der Waals surface area contributed by atoms with Crippen LogP contribution in [0.1, 0.15) is 35.5 Å². The van der Waals surface area contributed by atoms with E-state index in [9.17, 15) is 9.59 Å². The summed E-state index contributed by atoms with van der Waals surface area (Å²) >= 11 is 0. The van der Waals surface area contributed by atoms with Gasteiger partial charge in [-0.05, 0) is 25.3 Å². The molecule has 1 aromatic heterocycles. The molecule has 18 heavy (non-hydrogen) atoms. The molecule has 0 aliphatic rings. The zero-order valence-electron chi connectivity index (χ0n) is 11.9. The smallest absolute Gasteiger partial charge is 0.279 e. The molecule has 0 atom stereocenters. The lowest BCUT2D eigenvalue weighted by Crippen LogP contribution is -2.37. The Kier molecular flexibility index (Phi) is 4.27. The molecule has 0 fully saturated rings. The average molecular weight is 251 g/mol. The van der Waals surface area contributed by atoms with Crippen LogP contribution in [0.15, 0.2) is 4.79 Å². The first-order chi connectivity index (χ1) is 8.25. The average Bonchev–Trinajstić information content (AvgIpc) is 2.25. The van der Waals surface area contributed by atoms with E-state index in [1.165, 1.54) is 4.68 Å². The maximum atomic E-state index is 12.3. The van der Waals surface area contributed by atoms with Crippen molar-refractivity contribution in [2.75, 3.05) is 13.6 Å². The fourth-order valence-corrected chi connectivity index (χ4v) is 1.92. The summed E-state index contributed by atoms with van der Waals surface area (Å²) in [6, 6.07) is 0. The Balaban J connectivity index is 3.25. The first-order valence-electron chi connectivity index (χ1n) is 6.05. The van der Waals surface area contributed by atoms with Gasteiger partial charge in [0.15, 0.2) is 0 Å². The molecule has 0 N–H and O–H groups in total. The predicted molar refractivity (Wildman–Crippen MR) is 70.8 cm³/mol. The highest BCUT2D eigenvalue weighted by Crippen LogP contribution is 2.09. The van der Waals surface area contributed by atoms with Crippen molar-refractivity contribution in [2.24, 2.45) is 13.0 Å². The normalized spacial score (nSPS) is 10.8. The molecular formula is C13H21N3O2. The van der Waals surface area contributed by atoms with Crippen molar-refractivity contribution < 1.29 is 4.79 Å². The van der Waals surface area contributed by atoms with Crippen molar-refractivity contribution in [3.63, 3.8) is 0 Å². The maximum absolute atomic E-state index is 12.3. The van der Waals surface area contributed by atoms with E-state index in [0.717, 1.165) is 0 Å². The molecule has 0 bridgehead atoms. The van der Waals surface area contributed by atoms with Gasteiger partial charge in [-0.15, -0.1) is 0 Å². The number of carbonyl (C=O) groups excluding carboxylic acids is 1. The van der Waals surface area contributed by atoms with E-state index in [2.05, 4.69) is 5.10 Å². The van der Waals surface area contributed by atoms with E-state index in [0.29, 0.717) is 23.7 Å². The highest BCUT2D eigenvalue weighted by atomic mass is 16.2. The van der Waals surface area contributed by atoms with Crippen molar-refractivity contribution in [3.05, 3.63) is 27.2 Å². The first kappa shape index (κ1) is 14.4. The lowest BCUT2D eigenvalue weighted by Gasteiger charge is -2.20. The van der Waals surface area contributed by atoms with Gasteiger partial charge < -0.3 is 4.90 Å². The van der Waals surface area contributed by atoms with Gasteiger partial charge in [0, 0.05) is 20.6 Å². The highest BCUT2D eigenvalue weighted by Gasteiger charge is 2.21. The van der Waals surface area contributed by atoms with Crippen molar-refractivity contribution >= 4 is 5.91 Å². The minimum atomic E-state index is -0.335. The van der Waals surface area contributed by atoms with Crippen molar-refractivity contribution in [2.45, 2.75) is 27.7 Å². The Morgan fingerprint density at radius 3 is 2.44 bits per heavy atom. The summed E-state index contributed by atoms with van der Waals surface area (Å²) < 4.78 is 1.22. The van der Waals surface area contributed by atoms with Crippen LogP contribution in [0, 0.1) is 19.8 Å². The number of amides is 1. The number of hydrogen-bond acceptors (Lipinski definition) is 3. The Morgan fingerprint density at radius 2 is 1.94 bits per heavy atom. The van der Waals surface area contributed by atoms with Crippen LogP contribution in [0.5, 0.6) is 0 Å². The lowest BCUT2D eigenvalue weighted by atomic mass is 10.1. The van der Waals surface area contributed by atoms with Crippen LogP contribution >= 0.6 is 0 Å². The van der Waals surface area contributed by atoms with Gasteiger partial charge in [0.2, 0.25) is 0 Å². The van der Waals surface area contributed by atoms with Crippen molar-refractivity contribution in [3.8, 4) is 0 Å². The second-order valence-electron chi connectivity index (χ2n) is 5.09. The third kappa shape index (κ3) is 2.78. The van der Waals surface area contributed by atoms with Crippen LogP contribution < -0.4 is 5.56 Å². The second-order valence-corrected chi connectivity index (χ2v) is 5.09. The van der Waals surface area contributed by atoms with Gasteiger partial charge in [-0.1, -0.05) is 13.8 Å². The van der Waals surface area contributed by atoms with Gasteiger partial charge in [0.1, 0.15) is 5.56 Å². The number of nitrogens with zero attached hydrogens (tertiary/aromatic N) is 3. The molecule has 0 aliphatic carbocycles. The molecule has 0 unspecified atom stereocenters. The molecule has 0 aliphatic heterocycles. The zero-order chi connectivity index (χ0) is 14.0. The van der Waals surface area contributed by atoms with E-state index >= 15 is 0 Å². The maximum Gasteiger partial charge on any atom is 0.279 e. The van der Waals surface area contributed by atoms with E-state index in [4.69, 9.17) is 0 Å². The molecular weight excluding hydrogens is 230 g/mol. The van der Waals surface area contributed by atoms with Gasteiger partial charge >= 0.3 is 0 Å². The molecule has 0 saturated carbocycles. The minimum absolute atomic E-state index is 0.229. The van der Waals surface area contributed by atoms with E-state index < -0.39 is 0 Å². The molecule has 0 saturated heterocycles. The second kappa shape index (κ2) is 5.33. The monoisotopic (exact) mass is 251 g/mol. The zero-order valence-corrected chi connectivity index (χ0v) is 11.9. The van der Waals surface area contributed by atoms with E-state index in [-0.39, 0.29) is 17.0 Å². The molecule has 1 aromatic rings. The molecule has 0 spiro atoms. The van der Waals surface area contributed by atoms with Gasteiger partial charge in [-0.3, -0.25) is 9.59 Å². The summed E-state index contributed by atoms with van der Waals surface area (Å²) in [4.78, 5) is 25.9. The summed E-state index contributed by atoms with van der Waals surface area (Å²) in [6.45, 7) is 8.26. The number of hydrogen-bond donors (Lipinski definition) is 0. The topological polar surface area (TPSA) is 55.2 Å². The SMILES string of the molecule is Cc1nn(C)c(=O)c(C(=O)N(C)CC(C)C)c1C. The summed E-state index contributed by atoms with van der Waals surface area (Å²) in [5.74, 6) is 0.137. The molecule has 1 amide bonds. The van der Waals surface area contributed by atoms with Crippen LogP contribution in [0.3, 0.4) is 0 Å². The van der Waals surface area contributed by atoms with Crippen LogP contribution in [-0.4, -0.2) is 34.2 Å². The van der Waals surface area contributed by atoms with Crippen LogP contribution in [-0.2, 0) is 7.05 Å². The number of aromatic nitrogens is 2. The molecule has 100 valence electrons. The minimum Gasteiger partial charge on any atom is -0.341 e. The fraction of sp³-hybridized carbons (Fsp3) is 0.615. The Hall–Kier alpha value is -1.65. The number of rotatable bonds is 3. The molecule has 0 aromatic carbocycles. The summed E-state index contributed by atoms with van der Waals surface area (Å²) in [6.07, 6.45) is 0. The third-order valence-corrected chi connectivity index (χ3v) is 2.93. The van der Waals surface area contributed by atoms with Crippen molar-refractivity contribution in [1.29, 1.82) is 0 Å². The van der Waals surface area contributed by atoms with E-state index in [1.807, 2.05) is 13.8 Å². The highest BCUT2D eigenvalue weighted by molar-refractivity contribution is 5.95. The van der Waals surface area contributed by atoms with E-state index in [1.54, 1.807) is 32.8 Å². The van der Waals surface area contributed by atoms with Gasteiger partial charge in [-0.2, -0.15) is 5.10 Å². The quantitative estimate of drug-likeness (QED) is 0.809. The van der Waals surface area contributed by atoms with Gasteiger partial charge in [-0.25, -0.2) is 4.68 Å². The third-order valence-electron chi connectivity index (χ3n) is 2.93. The Bertz CT molecular complexity index is 518. The van der Waals surface area contributed by atoms with Gasteiger partial charge in [0.05, 0.1) is 5.69 Å². The molecule has 5 heteroatoms. The summed E-state index contributed by atoms with van der Waals surface area (Å²) in [5.41, 5.74) is 1.27. The van der Waals surface area contributed by atoms with Crippen LogP contribution in [0.25, 0.3) is 0 Å². The standard InChI is InChI=1S/C13H21N3O2/c1-8(2)7-15(5)12(17)11-9(3)10(4)14-16(6)13(11)18/h8H,7H2,1-6H3. The van der Waals surface area contributed by atoms with Crippen LogP contribution in [0.2, 0.25) is 0 Å². The predicted octanol–water partition coefficient (Wildman–Crippen LogP) is 1.13. The largest absolute Gasteiger partial charge is 0.341 e. The number of carbonyl (C=O) groups is 1. The molecule has 1 rings (SSSR count). The van der Waals surface area contributed by atoms with Gasteiger partial charge in [0.25, 0.3) is 11.5 Å². The lowest BCUT2D eigenvalue weighted by molar-refractivity contribution is 0.0775. The summed E-state index contributed by atoms with van der Waals surface area (Å²) in [7, 11) is 3.28. The Morgan fingerprint density at radius 1 is 1.39 bits per heavy atom. The summed E-state index contributed by atoms with van der Waals surface area (Å²) in [5, 5.41) is 4.07. The Labute approximate surface area is 107 Å². The molecule has 1 heterocycles. The number of aryl methyl sites for hydroxylation is 2. The molecule has 5 nitrogen and oxygen atoms in total. The molecule has 0 radical (unpaired) electrons. The fourth-order valence-electron chi connectivity index (χ4n) is 1.92. The van der Waals surface area contributed by atoms with Crippen LogP contribution in [0.4, 0.5) is 0 Å².